The van der Waals surface area contributed by atoms with E-state index in [0.717, 1.165) is 71.4 Å². The molecule has 2 rings (SSSR count). The van der Waals surface area contributed by atoms with Gasteiger partial charge in [0.25, 0.3) is 0 Å². The number of phosphoric ester groups is 1. The van der Waals surface area contributed by atoms with E-state index in [1.807, 2.05) is 20.8 Å². The summed E-state index contributed by atoms with van der Waals surface area (Å²) in [4.78, 5) is 21.5. The molecule has 7 heteroatoms. The van der Waals surface area contributed by atoms with Gasteiger partial charge >= 0.3 is 0 Å². The van der Waals surface area contributed by atoms with E-state index in [9.17, 15) is 14.4 Å². The summed E-state index contributed by atoms with van der Waals surface area (Å²) in [6.45, 7) is 16.9. The van der Waals surface area contributed by atoms with E-state index < -0.39 is 14.6 Å². The van der Waals surface area contributed by atoms with Gasteiger partial charge in [-0.25, -0.2) is 0 Å². The lowest BCUT2D eigenvalue weighted by Crippen LogP contribution is -2.37. The van der Waals surface area contributed by atoms with Crippen LogP contribution in [0.5, 0.6) is 11.5 Å². The highest BCUT2D eigenvalue weighted by Gasteiger charge is 2.34. The Kier molecular flexibility index (Phi) is 12.5. The summed E-state index contributed by atoms with van der Waals surface area (Å²) in [7, 11) is -5.07. The molecule has 214 valence electrons. The summed E-state index contributed by atoms with van der Waals surface area (Å²) in [5.41, 5.74) is 3.69. The average Bonchev–Trinajstić information content (AvgIpc) is 2.78. The van der Waals surface area contributed by atoms with Crippen LogP contribution < -0.4 is 19.3 Å². The molecule has 3 atom stereocenters. The minimum absolute atomic E-state index is 0.190. The van der Waals surface area contributed by atoms with Crippen LogP contribution in [0.1, 0.15) is 121 Å². The van der Waals surface area contributed by atoms with Gasteiger partial charge in [0.1, 0.15) is 17.1 Å². The Morgan fingerprint density at radius 1 is 0.892 bits per heavy atom. The van der Waals surface area contributed by atoms with Crippen LogP contribution in [0.3, 0.4) is 0 Å². The number of phosphoric acid groups is 1. The first kappa shape index (κ1) is 32.1. The molecule has 1 aromatic carbocycles. The molecule has 0 saturated carbocycles. The second-order valence-electron chi connectivity index (χ2n) is 12.3. The quantitative estimate of drug-likeness (QED) is 0.162. The van der Waals surface area contributed by atoms with Gasteiger partial charge < -0.3 is 28.3 Å². The minimum atomic E-state index is -5.07. The zero-order valence-corrected chi connectivity index (χ0v) is 25.5. The summed E-state index contributed by atoms with van der Waals surface area (Å²) in [6.07, 6.45) is 13.3. The largest absolute Gasteiger partial charge is 0.790 e. The zero-order valence-electron chi connectivity index (χ0n) is 24.6. The highest BCUT2D eigenvalue weighted by atomic mass is 31.2. The van der Waals surface area contributed by atoms with Gasteiger partial charge in [-0.05, 0) is 87.8 Å². The second-order valence-corrected chi connectivity index (χ2v) is 13.4. The molecular formula is C30H51O6P-2. The van der Waals surface area contributed by atoms with Gasteiger partial charge in [-0.3, -0.25) is 0 Å². The highest BCUT2D eigenvalue weighted by molar-refractivity contribution is 7.43. The SMILES string of the molecule is Cc1c(C)c2c(c(C)c1OCOP(=O)([O-])[O-])CCC(C)(CCCC(C)CCCC(C)CCCC(C)C)O2. The van der Waals surface area contributed by atoms with Crippen molar-refractivity contribution in [1.82, 2.24) is 0 Å². The van der Waals surface area contributed by atoms with Crippen LogP contribution in [0.4, 0.5) is 0 Å². The van der Waals surface area contributed by atoms with Crippen molar-refractivity contribution in [2.75, 3.05) is 6.79 Å². The van der Waals surface area contributed by atoms with E-state index in [4.69, 9.17) is 9.47 Å². The summed E-state index contributed by atoms with van der Waals surface area (Å²) in [5, 5.41) is 0. The third-order valence-electron chi connectivity index (χ3n) is 8.25. The third kappa shape index (κ3) is 10.5. The van der Waals surface area contributed by atoms with Crippen molar-refractivity contribution in [3.8, 4) is 11.5 Å². The fraction of sp³-hybridized carbons (Fsp3) is 0.800. The van der Waals surface area contributed by atoms with Gasteiger partial charge in [0.05, 0.1) is 7.82 Å². The van der Waals surface area contributed by atoms with Crippen molar-refractivity contribution >= 4 is 7.82 Å². The Morgan fingerprint density at radius 3 is 2.03 bits per heavy atom. The van der Waals surface area contributed by atoms with Crippen molar-refractivity contribution in [3.05, 3.63) is 22.3 Å². The van der Waals surface area contributed by atoms with Gasteiger partial charge in [0.2, 0.25) is 0 Å². The standard InChI is InChI=1S/C30H53O6P/c1-21(2)12-9-13-22(3)14-10-15-23(4)16-11-18-30(8)19-17-27-26(7)28(34-20-35-37(31,32)33)24(5)25(6)29(27)36-30/h21-23H,9-20H2,1-8H3,(H2,31,32,33)/p-2. The predicted molar refractivity (Wildman–Crippen MR) is 147 cm³/mol. The molecule has 1 heterocycles. The average molecular weight is 539 g/mol. The Balaban J connectivity index is 1.84. The maximum absolute atomic E-state index is 10.8. The number of benzene rings is 1. The smallest absolute Gasteiger partial charge is 0.193 e. The summed E-state index contributed by atoms with van der Waals surface area (Å²) >= 11 is 0. The summed E-state index contributed by atoms with van der Waals surface area (Å²) in [5.74, 6) is 3.90. The van der Waals surface area contributed by atoms with Gasteiger partial charge in [0.15, 0.2) is 6.79 Å². The zero-order chi connectivity index (χ0) is 27.8. The first-order chi connectivity index (χ1) is 17.2. The van der Waals surface area contributed by atoms with Crippen molar-refractivity contribution in [2.24, 2.45) is 17.8 Å². The fourth-order valence-corrected chi connectivity index (χ4v) is 5.81. The topological polar surface area (TPSA) is 90.9 Å². The lowest BCUT2D eigenvalue weighted by molar-refractivity contribution is -0.344. The molecule has 0 amide bonds. The van der Waals surface area contributed by atoms with Crippen LogP contribution in [0.2, 0.25) is 0 Å². The van der Waals surface area contributed by atoms with E-state index >= 15 is 0 Å². The molecule has 37 heavy (non-hydrogen) atoms. The third-order valence-corrected chi connectivity index (χ3v) is 8.67. The maximum Gasteiger partial charge on any atom is 0.193 e. The van der Waals surface area contributed by atoms with E-state index in [0.29, 0.717) is 5.75 Å². The number of hydrogen-bond donors (Lipinski definition) is 0. The van der Waals surface area contributed by atoms with Crippen LogP contribution in [0, 0.1) is 38.5 Å². The number of hydrogen-bond acceptors (Lipinski definition) is 6. The number of rotatable bonds is 16. The normalized spacial score (nSPS) is 19.4. The van der Waals surface area contributed by atoms with Crippen molar-refractivity contribution in [3.63, 3.8) is 0 Å². The summed E-state index contributed by atoms with van der Waals surface area (Å²) in [6, 6.07) is 0. The number of fused-ring (bicyclic) bond motifs is 1. The van der Waals surface area contributed by atoms with Crippen LogP contribution in [-0.4, -0.2) is 12.4 Å². The molecule has 6 nitrogen and oxygen atoms in total. The Labute approximate surface area is 226 Å². The van der Waals surface area contributed by atoms with E-state index in [1.165, 1.54) is 44.9 Å². The molecule has 0 radical (unpaired) electrons. The second kappa shape index (κ2) is 14.4. The van der Waals surface area contributed by atoms with Crippen LogP contribution >= 0.6 is 7.82 Å². The van der Waals surface area contributed by atoms with E-state index in [1.54, 1.807) is 0 Å². The van der Waals surface area contributed by atoms with Gasteiger partial charge in [0, 0.05) is 5.56 Å². The molecule has 0 fully saturated rings. The Bertz CT molecular complexity index is 908. The first-order valence-electron chi connectivity index (χ1n) is 14.3. The molecule has 0 spiro atoms. The monoisotopic (exact) mass is 538 g/mol. The number of ether oxygens (including phenoxy) is 2. The van der Waals surface area contributed by atoms with Gasteiger partial charge in [-0.1, -0.05) is 72.6 Å². The van der Waals surface area contributed by atoms with Crippen LogP contribution in [-0.2, 0) is 15.5 Å². The molecule has 0 aromatic heterocycles. The molecule has 1 aliphatic rings. The van der Waals surface area contributed by atoms with Crippen molar-refractivity contribution in [2.45, 2.75) is 132 Å². The lowest BCUT2D eigenvalue weighted by atomic mass is 9.83. The highest BCUT2D eigenvalue weighted by Crippen LogP contribution is 2.45. The van der Waals surface area contributed by atoms with Gasteiger partial charge in [-0.2, -0.15) is 0 Å². The molecule has 0 saturated heterocycles. The molecule has 0 N–H and O–H groups in total. The van der Waals surface area contributed by atoms with Crippen LogP contribution in [0.15, 0.2) is 0 Å². The predicted octanol–water partition coefficient (Wildman–Crippen LogP) is 7.32. The van der Waals surface area contributed by atoms with Crippen LogP contribution in [0.25, 0.3) is 0 Å². The molecular weight excluding hydrogens is 487 g/mol. The molecule has 0 bridgehead atoms. The molecule has 1 aromatic rings. The van der Waals surface area contributed by atoms with E-state index in [-0.39, 0.29) is 5.60 Å². The Morgan fingerprint density at radius 2 is 1.46 bits per heavy atom. The molecule has 1 aliphatic heterocycles. The fourth-order valence-electron chi connectivity index (χ4n) is 5.63. The lowest BCUT2D eigenvalue weighted by Gasteiger charge is -2.38. The van der Waals surface area contributed by atoms with Gasteiger partial charge in [-0.15, -0.1) is 0 Å². The Hall–Kier alpha value is -1.07. The van der Waals surface area contributed by atoms with E-state index in [2.05, 4.69) is 39.1 Å². The first-order valence-corrected chi connectivity index (χ1v) is 15.8. The van der Waals surface area contributed by atoms with Crippen molar-refractivity contribution in [1.29, 1.82) is 0 Å². The van der Waals surface area contributed by atoms with Crippen molar-refractivity contribution < 1.29 is 28.3 Å². The minimum Gasteiger partial charge on any atom is -0.790 e. The molecule has 0 aliphatic carbocycles. The molecule has 3 unspecified atom stereocenters. The summed E-state index contributed by atoms with van der Waals surface area (Å²) < 4.78 is 27.2. The maximum atomic E-state index is 10.8.